The van der Waals surface area contributed by atoms with Crippen molar-refractivity contribution < 1.29 is 9.90 Å². The predicted molar refractivity (Wildman–Crippen MR) is 77.8 cm³/mol. The zero-order chi connectivity index (χ0) is 14.5. The molecule has 1 amide bonds. The average Bonchev–Trinajstić information content (AvgIpc) is 2.36. The lowest BCUT2D eigenvalue weighted by molar-refractivity contribution is -0.133. The molecule has 1 heterocycles. The number of aliphatic hydroxyl groups is 1. The highest BCUT2D eigenvalue weighted by Gasteiger charge is 2.37. The van der Waals surface area contributed by atoms with Gasteiger partial charge in [-0.1, -0.05) is 27.7 Å². The second kappa shape index (κ2) is 7.25. The molecule has 4 nitrogen and oxygen atoms in total. The molecule has 0 aliphatic carbocycles. The van der Waals surface area contributed by atoms with Gasteiger partial charge in [0, 0.05) is 12.0 Å². The molecule has 1 aliphatic heterocycles. The fraction of sp³-hybridized carbons (Fsp3) is 0.933. The van der Waals surface area contributed by atoms with Crippen LogP contribution in [0, 0.1) is 17.3 Å². The van der Waals surface area contributed by atoms with E-state index in [4.69, 9.17) is 0 Å². The van der Waals surface area contributed by atoms with Crippen molar-refractivity contribution in [3.63, 3.8) is 0 Å². The Labute approximate surface area is 117 Å². The largest absolute Gasteiger partial charge is 0.391 e. The summed E-state index contributed by atoms with van der Waals surface area (Å²) in [6.07, 6.45) is 2.52. The maximum Gasteiger partial charge on any atom is 0.226 e. The highest BCUT2D eigenvalue weighted by Crippen LogP contribution is 2.31. The monoisotopic (exact) mass is 270 g/mol. The third kappa shape index (κ3) is 5.11. The summed E-state index contributed by atoms with van der Waals surface area (Å²) >= 11 is 0. The number of amides is 1. The van der Waals surface area contributed by atoms with Gasteiger partial charge < -0.3 is 15.7 Å². The fourth-order valence-electron chi connectivity index (χ4n) is 2.72. The molecule has 0 radical (unpaired) electrons. The minimum atomic E-state index is -0.441. The number of piperidine rings is 1. The van der Waals surface area contributed by atoms with Gasteiger partial charge in [0.05, 0.1) is 6.10 Å². The molecule has 19 heavy (non-hydrogen) atoms. The highest BCUT2D eigenvalue weighted by atomic mass is 16.3. The maximum atomic E-state index is 12.3. The second-order valence-electron chi connectivity index (χ2n) is 6.76. The van der Waals surface area contributed by atoms with Crippen molar-refractivity contribution in [2.75, 3.05) is 19.6 Å². The van der Waals surface area contributed by atoms with Crippen LogP contribution in [-0.2, 0) is 4.79 Å². The lowest BCUT2D eigenvalue weighted by Gasteiger charge is -2.36. The van der Waals surface area contributed by atoms with Crippen LogP contribution in [0.3, 0.4) is 0 Å². The average molecular weight is 270 g/mol. The van der Waals surface area contributed by atoms with Crippen LogP contribution >= 0.6 is 0 Å². The minimum Gasteiger partial charge on any atom is -0.391 e. The number of nitrogens with one attached hydrogen (secondary N) is 2. The number of carbonyl (C=O) groups excluding carboxylic acids is 1. The lowest BCUT2D eigenvalue weighted by Crippen LogP contribution is -2.48. The van der Waals surface area contributed by atoms with Crippen LogP contribution in [0.1, 0.15) is 47.0 Å². The van der Waals surface area contributed by atoms with Crippen LogP contribution in [0.5, 0.6) is 0 Å². The topological polar surface area (TPSA) is 61.4 Å². The summed E-state index contributed by atoms with van der Waals surface area (Å²) in [4.78, 5) is 12.3. The molecule has 0 aromatic heterocycles. The Morgan fingerprint density at radius 2 is 2.16 bits per heavy atom. The Balaban J connectivity index is 2.42. The first-order valence-corrected chi connectivity index (χ1v) is 7.51. The van der Waals surface area contributed by atoms with E-state index in [1.54, 1.807) is 0 Å². The summed E-state index contributed by atoms with van der Waals surface area (Å²) in [5, 5.41) is 16.1. The van der Waals surface area contributed by atoms with Crippen molar-refractivity contribution in [1.29, 1.82) is 0 Å². The first-order valence-electron chi connectivity index (χ1n) is 7.51. The summed E-state index contributed by atoms with van der Waals surface area (Å²) in [6, 6.07) is 0. The number of hydrogen-bond donors (Lipinski definition) is 3. The van der Waals surface area contributed by atoms with Crippen molar-refractivity contribution >= 4 is 5.91 Å². The smallest absolute Gasteiger partial charge is 0.226 e. The molecule has 0 aromatic carbocycles. The van der Waals surface area contributed by atoms with Crippen LogP contribution in [0.25, 0.3) is 0 Å². The maximum absolute atomic E-state index is 12.3. The van der Waals surface area contributed by atoms with Gasteiger partial charge in [-0.25, -0.2) is 0 Å². The molecule has 0 saturated carbocycles. The molecular weight excluding hydrogens is 240 g/mol. The van der Waals surface area contributed by atoms with Crippen molar-refractivity contribution in [1.82, 2.24) is 10.6 Å². The van der Waals surface area contributed by atoms with Crippen molar-refractivity contribution in [2.45, 2.75) is 53.1 Å². The highest BCUT2D eigenvalue weighted by molar-refractivity contribution is 5.82. The van der Waals surface area contributed by atoms with Crippen LogP contribution in [0.4, 0.5) is 0 Å². The van der Waals surface area contributed by atoms with E-state index in [-0.39, 0.29) is 11.3 Å². The van der Waals surface area contributed by atoms with Gasteiger partial charge in [0.1, 0.15) is 0 Å². The fourth-order valence-corrected chi connectivity index (χ4v) is 2.72. The summed E-state index contributed by atoms with van der Waals surface area (Å²) in [7, 11) is 0. The number of carbonyl (C=O) groups is 1. The molecule has 0 spiro atoms. The van der Waals surface area contributed by atoms with Crippen LogP contribution in [0.2, 0.25) is 0 Å². The third-order valence-corrected chi connectivity index (χ3v) is 4.14. The van der Waals surface area contributed by atoms with E-state index in [0.717, 1.165) is 32.4 Å². The normalized spacial score (nSPS) is 22.3. The molecule has 1 fully saturated rings. The van der Waals surface area contributed by atoms with Crippen molar-refractivity contribution in [3.05, 3.63) is 0 Å². The standard InChI is InChI=1S/C15H30N2O2/c1-11(2)8-13(18)10-17-14(19)15(3,4)12-6-5-7-16-9-12/h11-13,16,18H,5-10H2,1-4H3,(H,17,19). The molecule has 1 aliphatic rings. The van der Waals surface area contributed by atoms with Gasteiger partial charge in [0.25, 0.3) is 0 Å². The summed E-state index contributed by atoms with van der Waals surface area (Å²) < 4.78 is 0. The molecule has 0 aromatic rings. The van der Waals surface area contributed by atoms with Gasteiger partial charge in [0.2, 0.25) is 5.91 Å². The molecule has 4 heteroatoms. The van der Waals surface area contributed by atoms with E-state index in [9.17, 15) is 9.90 Å². The molecule has 1 rings (SSSR count). The molecule has 2 unspecified atom stereocenters. The van der Waals surface area contributed by atoms with E-state index in [1.165, 1.54) is 0 Å². The lowest BCUT2D eigenvalue weighted by atomic mass is 9.74. The first-order chi connectivity index (χ1) is 8.84. The molecular formula is C15H30N2O2. The molecule has 0 bridgehead atoms. The first kappa shape index (κ1) is 16.4. The van der Waals surface area contributed by atoms with E-state index in [1.807, 2.05) is 13.8 Å². The Morgan fingerprint density at radius 1 is 1.47 bits per heavy atom. The Hall–Kier alpha value is -0.610. The number of hydrogen-bond acceptors (Lipinski definition) is 3. The van der Waals surface area contributed by atoms with E-state index >= 15 is 0 Å². The van der Waals surface area contributed by atoms with Gasteiger partial charge >= 0.3 is 0 Å². The Bertz CT molecular complexity index is 284. The van der Waals surface area contributed by atoms with Crippen LogP contribution in [0.15, 0.2) is 0 Å². The van der Waals surface area contributed by atoms with Crippen molar-refractivity contribution in [2.24, 2.45) is 17.3 Å². The van der Waals surface area contributed by atoms with Gasteiger partial charge in [-0.15, -0.1) is 0 Å². The Morgan fingerprint density at radius 3 is 2.68 bits per heavy atom. The quantitative estimate of drug-likeness (QED) is 0.686. The number of rotatable bonds is 6. The molecule has 2 atom stereocenters. The zero-order valence-corrected chi connectivity index (χ0v) is 12.8. The zero-order valence-electron chi connectivity index (χ0n) is 12.8. The van der Waals surface area contributed by atoms with Gasteiger partial charge in [-0.2, -0.15) is 0 Å². The summed E-state index contributed by atoms with van der Waals surface area (Å²) in [5.74, 6) is 0.884. The SMILES string of the molecule is CC(C)CC(O)CNC(=O)C(C)(C)C1CCCNC1. The summed E-state index contributed by atoms with van der Waals surface area (Å²) in [5.41, 5.74) is -0.370. The van der Waals surface area contributed by atoms with Gasteiger partial charge in [0.15, 0.2) is 0 Å². The Kier molecular flexibility index (Phi) is 6.27. The number of aliphatic hydroxyl groups excluding tert-OH is 1. The van der Waals surface area contributed by atoms with Crippen molar-refractivity contribution in [3.8, 4) is 0 Å². The van der Waals surface area contributed by atoms with E-state index < -0.39 is 6.10 Å². The van der Waals surface area contributed by atoms with E-state index in [2.05, 4.69) is 24.5 Å². The van der Waals surface area contributed by atoms with Crippen LogP contribution in [-0.4, -0.2) is 36.8 Å². The third-order valence-electron chi connectivity index (χ3n) is 4.14. The molecule has 112 valence electrons. The molecule has 3 N–H and O–H groups in total. The van der Waals surface area contributed by atoms with Crippen LogP contribution < -0.4 is 10.6 Å². The molecule has 1 saturated heterocycles. The summed E-state index contributed by atoms with van der Waals surface area (Å²) in [6.45, 7) is 10.5. The van der Waals surface area contributed by atoms with Gasteiger partial charge in [-0.05, 0) is 44.2 Å². The van der Waals surface area contributed by atoms with Gasteiger partial charge in [-0.3, -0.25) is 4.79 Å². The second-order valence-corrected chi connectivity index (χ2v) is 6.76. The predicted octanol–water partition coefficient (Wildman–Crippen LogP) is 1.54. The minimum absolute atomic E-state index is 0.0593. The van der Waals surface area contributed by atoms with E-state index in [0.29, 0.717) is 18.4 Å².